The van der Waals surface area contributed by atoms with Crippen LogP contribution in [0, 0.1) is 6.92 Å². The highest BCUT2D eigenvalue weighted by Gasteiger charge is 2.29. The van der Waals surface area contributed by atoms with Crippen molar-refractivity contribution >= 4 is 46.6 Å². The number of fused-ring (bicyclic) bond motifs is 1. The molecule has 1 aliphatic rings. The second-order valence-electron chi connectivity index (χ2n) is 9.36. The van der Waals surface area contributed by atoms with Gasteiger partial charge in [-0.05, 0) is 53.9 Å². The quantitative estimate of drug-likeness (QED) is 0.341. The zero-order valence-electron chi connectivity index (χ0n) is 22.0. The first-order chi connectivity index (χ1) is 18.7. The topological polar surface area (TPSA) is 129 Å². The summed E-state index contributed by atoms with van der Waals surface area (Å²) in [7, 11) is 2.96. The number of carbonyl (C=O) groups is 4. The molecule has 3 aromatic rings. The van der Waals surface area contributed by atoms with Gasteiger partial charge in [0.2, 0.25) is 11.8 Å². The SMILES string of the molecule is COC(=O)CC1Nc2cc(NC(=O)Cc3ccc(NC(=O)Nc4ccccc4C)cc3)ccc2CN(C)C1=O. The Hall–Kier alpha value is -4.86. The number of nitrogens with one attached hydrogen (secondary N) is 4. The van der Waals surface area contributed by atoms with Crippen LogP contribution in [0.15, 0.2) is 66.7 Å². The van der Waals surface area contributed by atoms with Gasteiger partial charge in [-0.1, -0.05) is 36.4 Å². The standard InChI is InChI=1S/C29H31N5O5/c1-18-6-4-5-7-23(18)33-29(38)31-21-11-8-19(9-12-21)14-26(35)30-22-13-10-20-17-34(2)28(37)25(16-27(36)39-3)32-24(20)15-22/h4-13,15,25,32H,14,16-17H2,1-3H3,(H,30,35)(H2,31,33,38). The van der Waals surface area contributed by atoms with Crippen LogP contribution >= 0.6 is 0 Å². The van der Waals surface area contributed by atoms with E-state index in [1.54, 1.807) is 48.3 Å². The summed E-state index contributed by atoms with van der Waals surface area (Å²) in [6.07, 6.45) is 0.0283. The molecule has 1 heterocycles. The van der Waals surface area contributed by atoms with Crippen molar-refractivity contribution in [3.05, 3.63) is 83.4 Å². The molecule has 4 amide bonds. The lowest BCUT2D eigenvalue weighted by Crippen LogP contribution is -2.39. The molecule has 1 unspecified atom stereocenters. The van der Waals surface area contributed by atoms with Gasteiger partial charge in [-0.25, -0.2) is 4.79 Å². The van der Waals surface area contributed by atoms with Gasteiger partial charge in [-0.3, -0.25) is 14.4 Å². The van der Waals surface area contributed by atoms with E-state index in [2.05, 4.69) is 21.3 Å². The third kappa shape index (κ3) is 7.13. The maximum absolute atomic E-state index is 12.7. The Bertz CT molecular complexity index is 1390. The molecule has 0 spiro atoms. The highest BCUT2D eigenvalue weighted by Crippen LogP contribution is 2.27. The molecule has 1 aliphatic heterocycles. The molecule has 4 rings (SSSR count). The maximum atomic E-state index is 12.7. The molecule has 0 aromatic heterocycles. The van der Waals surface area contributed by atoms with Gasteiger partial charge in [-0.2, -0.15) is 0 Å². The second-order valence-corrected chi connectivity index (χ2v) is 9.36. The molecular formula is C29H31N5O5. The van der Waals surface area contributed by atoms with Crippen molar-refractivity contribution in [2.45, 2.75) is 32.4 Å². The zero-order valence-corrected chi connectivity index (χ0v) is 22.0. The van der Waals surface area contributed by atoms with Crippen LogP contribution in [0.3, 0.4) is 0 Å². The smallest absolute Gasteiger partial charge is 0.323 e. The van der Waals surface area contributed by atoms with Crippen molar-refractivity contribution in [2.24, 2.45) is 0 Å². The Morgan fingerprint density at radius 3 is 2.41 bits per heavy atom. The van der Waals surface area contributed by atoms with Crippen molar-refractivity contribution in [3.63, 3.8) is 0 Å². The van der Waals surface area contributed by atoms with E-state index in [0.29, 0.717) is 23.6 Å². The van der Waals surface area contributed by atoms with E-state index in [0.717, 1.165) is 22.4 Å². The average Bonchev–Trinajstić information content (AvgIpc) is 3.02. The molecule has 0 saturated carbocycles. The fourth-order valence-electron chi connectivity index (χ4n) is 4.26. The van der Waals surface area contributed by atoms with Gasteiger partial charge < -0.3 is 30.9 Å². The van der Waals surface area contributed by atoms with Crippen molar-refractivity contribution in [1.29, 1.82) is 0 Å². The molecule has 0 saturated heterocycles. The van der Waals surface area contributed by atoms with E-state index in [9.17, 15) is 19.2 Å². The first kappa shape index (κ1) is 27.2. The van der Waals surface area contributed by atoms with E-state index in [-0.39, 0.29) is 30.7 Å². The molecule has 4 N–H and O–H groups in total. The number of carbonyl (C=O) groups excluding carboxylic acids is 4. The predicted octanol–water partition coefficient (Wildman–Crippen LogP) is 4.14. The van der Waals surface area contributed by atoms with Crippen molar-refractivity contribution in [1.82, 2.24) is 4.90 Å². The normalized spacial score (nSPS) is 14.4. The lowest BCUT2D eigenvalue weighted by Gasteiger charge is -2.19. The summed E-state index contributed by atoms with van der Waals surface area (Å²) in [5.74, 6) is -0.927. The number of nitrogens with zero attached hydrogens (tertiary/aromatic N) is 1. The number of methoxy groups -OCH3 is 1. The number of hydrogen-bond donors (Lipinski definition) is 4. The average molecular weight is 530 g/mol. The molecule has 39 heavy (non-hydrogen) atoms. The van der Waals surface area contributed by atoms with E-state index >= 15 is 0 Å². The summed E-state index contributed by atoms with van der Waals surface area (Å²) in [5, 5.41) is 11.6. The van der Waals surface area contributed by atoms with Crippen LogP contribution in [-0.4, -0.2) is 48.9 Å². The summed E-state index contributed by atoms with van der Waals surface area (Å²) in [6, 6.07) is 18.8. The van der Waals surface area contributed by atoms with Gasteiger partial charge in [0.05, 0.1) is 20.0 Å². The largest absolute Gasteiger partial charge is 0.469 e. The van der Waals surface area contributed by atoms with Gasteiger partial charge >= 0.3 is 12.0 Å². The Labute approximate surface area is 226 Å². The zero-order chi connectivity index (χ0) is 27.9. The van der Waals surface area contributed by atoms with Gasteiger partial charge in [0.25, 0.3) is 0 Å². The third-order valence-corrected chi connectivity index (χ3v) is 6.37. The predicted molar refractivity (Wildman–Crippen MR) is 150 cm³/mol. The van der Waals surface area contributed by atoms with Crippen LogP contribution in [0.4, 0.5) is 27.5 Å². The van der Waals surface area contributed by atoms with Crippen molar-refractivity contribution < 1.29 is 23.9 Å². The number of para-hydroxylation sites is 1. The summed E-state index contributed by atoms with van der Waals surface area (Å²) in [5.41, 5.74) is 5.16. The molecule has 10 nitrogen and oxygen atoms in total. The summed E-state index contributed by atoms with van der Waals surface area (Å²) in [4.78, 5) is 51.1. The monoisotopic (exact) mass is 529 g/mol. The van der Waals surface area contributed by atoms with Gasteiger partial charge in [0.1, 0.15) is 6.04 Å². The fraction of sp³-hybridized carbons (Fsp3) is 0.241. The molecule has 3 aromatic carbocycles. The number of benzene rings is 3. The van der Waals surface area contributed by atoms with E-state index < -0.39 is 12.0 Å². The summed E-state index contributed by atoms with van der Waals surface area (Å²) >= 11 is 0. The van der Waals surface area contributed by atoms with Crippen LogP contribution in [0.25, 0.3) is 0 Å². The molecule has 202 valence electrons. The number of urea groups is 1. The van der Waals surface area contributed by atoms with E-state index in [4.69, 9.17) is 4.74 Å². The Balaban J connectivity index is 1.35. The lowest BCUT2D eigenvalue weighted by molar-refractivity contribution is -0.143. The lowest BCUT2D eigenvalue weighted by atomic mass is 10.1. The molecule has 0 radical (unpaired) electrons. The van der Waals surface area contributed by atoms with E-state index in [1.165, 1.54) is 7.11 Å². The summed E-state index contributed by atoms with van der Waals surface area (Å²) < 4.78 is 4.72. The Morgan fingerprint density at radius 2 is 1.69 bits per heavy atom. The van der Waals surface area contributed by atoms with Crippen LogP contribution in [0.1, 0.15) is 23.1 Å². The molecule has 10 heteroatoms. The number of amides is 4. The number of hydrogen-bond acceptors (Lipinski definition) is 6. The van der Waals surface area contributed by atoms with Gasteiger partial charge in [0, 0.05) is 36.3 Å². The molecule has 0 aliphatic carbocycles. The Kier molecular flexibility index (Phi) is 8.45. The van der Waals surface area contributed by atoms with Crippen LogP contribution < -0.4 is 21.3 Å². The number of anilines is 4. The number of rotatable bonds is 7. The molecule has 1 atom stereocenters. The van der Waals surface area contributed by atoms with Crippen LogP contribution in [0.2, 0.25) is 0 Å². The van der Waals surface area contributed by atoms with Crippen molar-refractivity contribution in [3.8, 4) is 0 Å². The fourth-order valence-corrected chi connectivity index (χ4v) is 4.26. The number of esters is 1. The highest BCUT2D eigenvalue weighted by atomic mass is 16.5. The van der Waals surface area contributed by atoms with Crippen LogP contribution in [-0.2, 0) is 32.1 Å². The first-order valence-electron chi connectivity index (χ1n) is 12.5. The maximum Gasteiger partial charge on any atom is 0.323 e. The minimum absolute atomic E-state index is 0.103. The molecule has 0 bridgehead atoms. The second kappa shape index (κ2) is 12.1. The van der Waals surface area contributed by atoms with Crippen molar-refractivity contribution in [2.75, 3.05) is 35.4 Å². The van der Waals surface area contributed by atoms with Gasteiger partial charge in [-0.15, -0.1) is 0 Å². The highest BCUT2D eigenvalue weighted by molar-refractivity contribution is 6.00. The minimum Gasteiger partial charge on any atom is -0.469 e. The van der Waals surface area contributed by atoms with Crippen LogP contribution in [0.5, 0.6) is 0 Å². The first-order valence-corrected chi connectivity index (χ1v) is 12.5. The summed E-state index contributed by atoms with van der Waals surface area (Å²) in [6.45, 7) is 2.29. The number of aryl methyl sites for hydroxylation is 1. The third-order valence-electron chi connectivity index (χ3n) is 6.37. The Morgan fingerprint density at radius 1 is 0.974 bits per heavy atom. The number of ether oxygens (including phenoxy) is 1. The minimum atomic E-state index is -0.763. The molecular weight excluding hydrogens is 498 g/mol. The molecule has 0 fully saturated rings. The van der Waals surface area contributed by atoms with Gasteiger partial charge in [0.15, 0.2) is 0 Å². The van der Waals surface area contributed by atoms with E-state index in [1.807, 2.05) is 37.3 Å². The number of likely N-dealkylation sites (N-methyl/N-ethyl adjacent to an activating group) is 1.